The van der Waals surface area contributed by atoms with E-state index < -0.39 is 11.9 Å². The second-order valence-electron chi connectivity index (χ2n) is 3.73. The highest BCUT2D eigenvalue weighted by Gasteiger charge is 2.18. The van der Waals surface area contributed by atoms with Crippen molar-refractivity contribution >= 4 is 15.9 Å². The van der Waals surface area contributed by atoms with E-state index in [1.165, 1.54) is 6.07 Å². The average Bonchev–Trinajstić information content (AvgIpc) is 2.80. The quantitative estimate of drug-likeness (QED) is 0.934. The molecule has 2 nitrogen and oxygen atoms in total. The van der Waals surface area contributed by atoms with Gasteiger partial charge in [0.25, 0.3) is 0 Å². The fourth-order valence-electron chi connectivity index (χ4n) is 1.61. The molecule has 17 heavy (non-hydrogen) atoms. The summed E-state index contributed by atoms with van der Waals surface area (Å²) >= 11 is 3.25. The lowest BCUT2D eigenvalue weighted by atomic mass is 10.1. The summed E-state index contributed by atoms with van der Waals surface area (Å²) in [5, 5.41) is 10.1. The number of aryl methyl sites for hydroxylation is 1. The minimum atomic E-state index is -1.08. The maximum absolute atomic E-state index is 13.6. The maximum Gasteiger partial charge on any atom is 0.139 e. The van der Waals surface area contributed by atoms with Crippen LogP contribution in [0.1, 0.15) is 30.1 Å². The fraction of sp³-hybridized carbons (Fsp3) is 0.231. The monoisotopic (exact) mass is 298 g/mol. The highest BCUT2D eigenvalue weighted by molar-refractivity contribution is 9.10. The summed E-state index contributed by atoms with van der Waals surface area (Å²) in [7, 11) is 0. The van der Waals surface area contributed by atoms with E-state index in [4.69, 9.17) is 4.42 Å². The van der Waals surface area contributed by atoms with Crippen LogP contribution >= 0.6 is 15.9 Å². The Morgan fingerprint density at radius 1 is 1.35 bits per heavy atom. The molecule has 0 saturated carbocycles. The molecule has 2 aromatic rings. The molecular formula is C13H12BrFO2. The van der Waals surface area contributed by atoms with Gasteiger partial charge >= 0.3 is 0 Å². The van der Waals surface area contributed by atoms with Gasteiger partial charge in [-0.2, -0.15) is 0 Å². The molecule has 1 aromatic carbocycles. The lowest BCUT2D eigenvalue weighted by Crippen LogP contribution is -2.01. The Bertz CT molecular complexity index is 522. The van der Waals surface area contributed by atoms with Crippen LogP contribution in [0.4, 0.5) is 4.39 Å². The minimum Gasteiger partial charge on any atom is -0.463 e. The third-order valence-electron chi connectivity index (χ3n) is 2.55. The Morgan fingerprint density at radius 3 is 2.76 bits per heavy atom. The molecule has 1 unspecified atom stereocenters. The van der Waals surface area contributed by atoms with Gasteiger partial charge in [-0.15, -0.1) is 0 Å². The van der Waals surface area contributed by atoms with Gasteiger partial charge in [0.2, 0.25) is 0 Å². The van der Waals surface area contributed by atoms with Crippen molar-refractivity contribution in [2.24, 2.45) is 0 Å². The molecule has 0 aliphatic heterocycles. The number of aliphatic hydroxyl groups excluding tert-OH is 1. The number of furan rings is 1. The second kappa shape index (κ2) is 5.02. The maximum atomic E-state index is 13.6. The van der Waals surface area contributed by atoms with Crippen molar-refractivity contribution in [3.05, 3.63) is 57.7 Å². The standard InChI is InChI=1S/C13H12BrFO2/c1-2-9-4-6-12(17-9)13(16)10-7-8(14)3-5-11(10)15/h3-7,13,16H,2H2,1H3. The molecule has 1 heterocycles. The first-order chi connectivity index (χ1) is 8.11. The van der Waals surface area contributed by atoms with Crippen LogP contribution in [-0.4, -0.2) is 5.11 Å². The van der Waals surface area contributed by atoms with Gasteiger partial charge in [0.1, 0.15) is 23.4 Å². The Kier molecular flexibility index (Phi) is 3.64. The zero-order valence-corrected chi connectivity index (χ0v) is 10.9. The van der Waals surface area contributed by atoms with Crippen LogP contribution < -0.4 is 0 Å². The third kappa shape index (κ3) is 2.58. The number of aliphatic hydroxyl groups is 1. The van der Waals surface area contributed by atoms with E-state index in [2.05, 4.69) is 15.9 Å². The molecule has 1 atom stereocenters. The number of halogens is 2. The van der Waals surface area contributed by atoms with Gasteiger partial charge in [-0.05, 0) is 30.3 Å². The smallest absolute Gasteiger partial charge is 0.139 e. The summed E-state index contributed by atoms with van der Waals surface area (Å²) in [4.78, 5) is 0. The van der Waals surface area contributed by atoms with Crippen molar-refractivity contribution < 1.29 is 13.9 Å². The first kappa shape index (κ1) is 12.3. The topological polar surface area (TPSA) is 33.4 Å². The van der Waals surface area contributed by atoms with Crippen LogP contribution in [0.2, 0.25) is 0 Å². The van der Waals surface area contributed by atoms with Crippen molar-refractivity contribution in [2.45, 2.75) is 19.4 Å². The van der Waals surface area contributed by atoms with Gasteiger partial charge < -0.3 is 9.52 Å². The molecule has 0 radical (unpaired) electrons. The number of rotatable bonds is 3. The largest absolute Gasteiger partial charge is 0.463 e. The van der Waals surface area contributed by atoms with Gasteiger partial charge in [0, 0.05) is 16.5 Å². The normalized spacial score (nSPS) is 12.7. The highest BCUT2D eigenvalue weighted by atomic mass is 79.9. The van der Waals surface area contributed by atoms with E-state index in [0.717, 1.165) is 16.7 Å². The van der Waals surface area contributed by atoms with E-state index in [-0.39, 0.29) is 5.56 Å². The molecule has 1 aromatic heterocycles. The van der Waals surface area contributed by atoms with Crippen LogP contribution in [0.25, 0.3) is 0 Å². The van der Waals surface area contributed by atoms with Gasteiger partial charge in [-0.1, -0.05) is 22.9 Å². The highest BCUT2D eigenvalue weighted by Crippen LogP contribution is 2.28. The van der Waals surface area contributed by atoms with Gasteiger partial charge in [0.15, 0.2) is 0 Å². The zero-order chi connectivity index (χ0) is 12.4. The summed E-state index contributed by atoms with van der Waals surface area (Å²) < 4.78 is 19.7. The number of hydrogen-bond donors (Lipinski definition) is 1. The molecule has 1 N–H and O–H groups in total. The van der Waals surface area contributed by atoms with E-state index in [0.29, 0.717) is 5.76 Å². The van der Waals surface area contributed by atoms with Crippen molar-refractivity contribution in [3.63, 3.8) is 0 Å². The summed E-state index contributed by atoms with van der Waals surface area (Å²) in [5.74, 6) is 0.684. The molecule has 0 aliphatic rings. The van der Waals surface area contributed by atoms with E-state index in [9.17, 15) is 9.50 Å². The molecule has 90 valence electrons. The molecule has 4 heteroatoms. The van der Waals surface area contributed by atoms with E-state index >= 15 is 0 Å². The van der Waals surface area contributed by atoms with Gasteiger partial charge in [-0.25, -0.2) is 4.39 Å². The Hall–Kier alpha value is -1.13. The lowest BCUT2D eigenvalue weighted by Gasteiger charge is -2.09. The lowest BCUT2D eigenvalue weighted by molar-refractivity contribution is 0.182. The summed E-state index contributed by atoms with van der Waals surface area (Å²) in [6.07, 6.45) is -0.332. The van der Waals surface area contributed by atoms with Crippen molar-refractivity contribution in [1.82, 2.24) is 0 Å². The van der Waals surface area contributed by atoms with Crippen LogP contribution in [0.5, 0.6) is 0 Å². The molecule has 0 amide bonds. The van der Waals surface area contributed by atoms with Crippen LogP contribution in [0.3, 0.4) is 0 Å². The van der Waals surface area contributed by atoms with E-state index in [1.54, 1.807) is 24.3 Å². The average molecular weight is 299 g/mol. The first-order valence-electron chi connectivity index (χ1n) is 5.33. The van der Waals surface area contributed by atoms with Gasteiger partial charge in [-0.3, -0.25) is 0 Å². The van der Waals surface area contributed by atoms with Crippen molar-refractivity contribution in [1.29, 1.82) is 0 Å². The Morgan fingerprint density at radius 2 is 2.12 bits per heavy atom. The molecular weight excluding hydrogens is 287 g/mol. The van der Waals surface area contributed by atoms with Crippen LogP contribution in [0.15, 0.2) is 39.2 Å². The fourth-order valence-corrected chi connectivity index (χ4v) is 1.99. The molecule has 0 spiro atoms. The van der Waals surface area contributed by atoms with Crippen LogP contribution in [-0.2, 0) is 6.42 Å². The molecule has 0 bridgehead atoms. The predicted octanol–water partition coefficient (Wildman–Crippen LogP) is 3.83. The van der Waals surface area contributed by atoms with Crippen molar-refractivity contribution in [3.8, 4) is 0 Å². The van der Waals surface area contributed by atoms with Gasteiger partial charge in [0.05, 0.1) is 0 Å². The van der Waals surface area contributed by atoms with Crippen LogP contribution in [0, 0.1) is 5.82 Å². The van der Waals surface area contributed by atoms with E-state index in [1.807, 2.05) is 6.92 Å². The number of benzene rings is 1. The first-order valence-corrected chi connectivity index (χ1v) is 6.12. The Labute approximate surface area is 107 Å². The summed E-state index contributed by atoms with van der Waals surface area (Å²) in [6, 6.07) is 7.91. The SMILES string of the molecule is CCc1ccc(C(O)c2cc(Br)ccc2F)o1. The summed E-state index contributed by atoms with van der Waals surface area (Å²) in [6.45, 7) is 1.95. The molecule has 2 rings (SSSR count). The molecule has 0 fully saturated rings. The minimum absolute atomic E-state index is 0.205. The molecule has 0 saturated heterocycles. The predicted molar refractivity (Wildman–Crippen MR) is 66.2 cm³/mol. The third-order valence-corrected chi connectivity index (χ3v) is 3.05. The molecule has 0 aliphatic carbocycles. The number of hydrogen-bond acceptors (Lipinski definition) is 2. The van der Waals surface area contributed by atoms with Crippen molar-refractivity contribution in [2.75, 3.05) is 0 Å². The summed E-state index contributed by atoms with van der Waals surface area (Å²) in [5.41, 5.74) is 0.205. The zero-order valence-electron chi connectivity index (χ0n) is 9.28. The Balaban J connectivity index is 2.35. The second-order valence-corrected chi connectivity index (χ2v) is 4.64.